The molecule has 1 N–H and O–H groups in total. The predicted octanol–water partition coefficient (Wildman–Crippen LogP) is 4.87. The van der Waals surface area contributed by atoms with Crippen molar-refractivity contribution in [3.8, 4) is 0 Å². The number of aryl methyl sites for hydroxylation is 1. The van der Waals surface area contributed by atoms with E-state index in [4.69, 9.17) is 0 Å². The van der Waals surface area contributed by atoms with Crippen molar-refractivity contribution in [2.75, 3.05) is 22.9 Å². The summed E-state index contributed by atoms with van der Waals surface area (Å²) in [5, 5.41) is 32.9. The number of aldehydes is 1. The molecule has 230 valence electrons. The lowest BCUT2D eigenvalue weighted by Gasteiger charge is -2.34. The van der Waals surface area contributed by atoms with E-state index in [-0.39, 0.29) is 36.4 Å². The summed E-state index contributed by atoms with van der Waals surface area (Å²) >= 11 is 0. The molecule has 1 fully saturated rings. The molecule has 0 atom stereocenters. The van der Waals surface area contributed by atoms with Crippen LogP contribution in [0.2, 0.25) is 0 Å². The van der Waals surface area contributed by atoms with Crippen molar-refractivity contribution in [1.29, 1.82) is 0 Å². The van der Waals surface area contributed by atoms with Crippen LogP contribution in [0.5, 0.6) is 0 Å². The van der Waals surface area contributed by atoms with Crippen LogP contribution in [-0.2, 0) is 31.1 Å². The van der Waals surface area contributed by atoms with E-state index in [1.165, 1.54) is 11.8 Å². The highest BCUT2D eigenvalue weighted by molar-refractivity contribution is 5.77. The van der Waals surface area contributed by atoms with Crippen LogP contribution in [0.25, 0.3) is 0 Å². The number of alkyl halides is 3. The van der Waals surface area contributed by atoms with Gasteiger partial charge in [0.25, 0.3) is 11.6 Å². The first kappa shape index (κ1) is 31.4. The van der Waals surface area contributed by atoms with Crippen LogP contribution < -0.4 is 9.80 Å². The molecule has 0 bridgehead atoms. The Bertz CT molecular complexity index is 1470. The predicted molar refractivity (Wildman–Crippen MR) is 150 cm³/mol. The molecule has 2 aromatic carbocycles. The van der Waals surface area contributed by atoms with Gasteiger partial charge >= 0.3 is 12.1 Å². The Labute approximate surface area is 245 Å². The Kier molecular flexibility index (Phi) is 9.61. The van der Waals surface area contributed by atoms with Gasteiger partial charge in [-0.05, 0) is 79.1 Å². The number of benzene rings is 2. The minimum absolute atomic E-state index is 0.0182. The first-order valence-corrected chi connectivity index (χ1v) is 13.8. The summed E-state index contributed by atoms with van der Waals surface area (Å²) in [6.45, 7) is 3.07. The van der Waals surface area contributed by atoms with Gasteiger partial charge in [0, 0.05) is 49.6 Å². The molecular formula is C28H32F3N7O5. The molecule has 1 aromatic heterocycles. The van der Waals surface area contributed by atoms with Gasteiger partial charge in [0.15, 0.2) is 0 Å². The molecule has 43 heavy (non-hydrogen) atoms. The van der Waals surface area contributed by atoms with Crippen molar-refractivity contribution < 1.29 is 32.8 Å². The topological polar surface area (TPSA) is 148 Å². The number of hydrogen-bond acceptors (Lipinski definition) is 9. The number of non-ortho nitro benzene ring substituents is 1. The highest BCUT2D eigenvalue weighted by Crippen LogP contribution is 2.35. The van der Waals surface area contributed by atoms with Crippen molar-refractivity contribution in [3.63, 3.8) is 0 Å². The zero-order valence-electron chi connectivity index (χ0n) is 23.7. The molecule has 0 spiro atoms. The Morgan fingerprint density at radius 3 is 2.42 bits per heavy atom. The van der Waals surface area contributed by atoms with E-state index in [2.05, 4.69) is 20.3 Å². The number of carboxylic acids is 1. The zero-order valence-corrected chi connectivity index (χ0v) is 23.7. The van der Waals surface area contributed by atoms with Crippen LogP contribution in [0.3, 0.4) is 0 Å². The van der Waals surface area contributed by atoms with E-state index in [0.717, 1.165) is 30.7 Å². The lowest BCUT2D eigenvalue weighted by molar-refractivity contribution is -0.385. The third-order valence-corrected chi connectivity index (χ3v) is 7.67. The van der Waals surface area contributed by atoms with Gasteiger partial charge in [0.05, 0.1) is 23.5 Å². The smallest absolute Gasteiger partial charge is 0.416 e. The van der Waals surface area contributed by atoms with Crippen molar-refractivity contribution in [2.45, 2.75) is 51.9 Å². The molecule has 0 amide bonds. The first-order chi connectivity index (χ1) is 20.4. The minimum atomic E-state index is -4.80. The highest BCUT2D eigenvalue weighted by atomic mass is 19.4. The monoisotopic (exact) mass is 603 g/mol. The van der Waals surface area contributed by atoms with E-state index < -0.39 is 28.3 Å². The normalized spacial score (nSPS) is 17.0. The van der Waals surface area contributed by atoms with Gasteiger partial charge in [0.1, 0.15) is 6.29 Å². The van der Waals surface area contributed by atoms with Gasteiger partial charge < -0.3 is 14.9 Å². The number of carbonyl (C=O) groups is 2. The van der Waals surface area contributed by atoms with Crippen LogP contribution in [0.15, 0.2) is 36.4 Å². The van der Waals surface area contributed by atoms with Crippen LogP contribution in [0.1, 0.15) is 59.7 Å². The van der Waals surface area contributed by atoms with Gasteiger partial charge in [-0.3, -0.25) is 19.7 Å². The molecule has 0 saturated heterocycles. The summed E-state index contributed by atoms with van der Waals surface area (Å²) in [7, 11) is 1.53. The fourth-order valence-corrected chi connectivity index (χ4v) is 5.47. The second kappa shape index (κ2) is 13.2. The summed E-state index contributed by atoms with van der Waals surface area (Å²) in [5.41, 5.74) is 0.0117. The van der Waals surface area contributed by atoms with E-state index in [9.17, 15) is 38.0 Å². The molecule has 3 aromatic rings. The van der Waals surface area contributed by atoms with Crippen molar-refractivity contribution >= 4 is 29.6 Å². The van der Waals surface area contributed by atoms with Crippen molar-refractivity contribution in [1.82, 2.24) is 20.2 Å². The van der Waals surface area contributed by atoms with Crippen molar-refractivity contribution in [2.24, 2.45) is 18.9 Å². The standard InChI is InChI=1S/C28H32F3N7O5/c1-3-36(14-18-4-7-21(8-5-18)26(40)41)25-9-6-19(17-39)10-22(25)16-37(27-32-34-35(2)33-27)15-20-11-23(28(29,30)31)13-24(12-20)38(42)43/h6,9-13,17-18,21H,3-5,7-8,14-16H2,1-2H3,(H,40,41)/t18-,21-. The molecule has 1 aliphatic carbocycles. The molecule has 1 aliphatic rings. The van der Waals surface area contributed by atoms with Gasteiger partial charge in [-0.15, -0.1) is 5.10 Å². The quantitative estimate of drug-likeness (QED) is 0.173. The SMILES string of the molecule is CCN(C[C@H]1CC[C@H](C(=O)O)CC1)c1ccc(C=O)cc1CN(Cc1cc([N+](=O)[O-])cc(C(F)(F)F)c1)c1nnn(C)n1. The van der Waals surface area contributed by atoms with Crippen LogP contribution in [0.4, 0.5) is 30.5 Å². The minimum Gasteiger partial charge on any atom is -0.481 e. The molecule has 0 aliphatic heterocycles. The third kappa shape index (κ3) is 7.84. The lowest BCUT2D eigenvalue weighted by Crippen LogP contribution is -2.34. The van der Waals surface area contributed by atoms with Gasteiger partial charge in [-0.25, -0.2) is 0 Å². The van der Waals surface area contributed by atoms with Crippen molar-refractivity contribution in [3.05, 3.63) is 68.8 Å². The number of tetrazole rings is 1. The van der Waals surface area contributed by atoms with E-state index in [0.29, 0.717) is 49.4 Å². The maximum absolute atomic E-state index is 13.6. The fourth-order valence-electron chi connectivity index (χ4n) is 5.47. The maximum Gasteiger partial charge on any atom is 0.416 e. The Morgan fingerprint density at radius 1 is 1.14 bits per heavy atom. The lowest BCUT2D eigenvalue weighted by atomic mass is 9.81. The largest absolute Gasteiger partial charge is 0.481 e. The Balaban J connectivity index is 1.68. The van der Waals surface area contributed by atoms with E-state index in [1.54, 1.807) is 17.0 Å². The Hall–Kier alpha value is -4.56. The summed E-state index contributed by atoms with van der Waals surface area (Å²) in [6, 6.07) is 7.59. The molecule has 15 heteroatoms. The Morgan fingerprint density at radius 2 is 1.86 bits per heavy atom. The summed E-state index contributed by atoms with van der Waals surface area (Å²) in [5.74, 6) is -0.771. The number of nitro groups is 1. The molecule has 0 radical (unpaired) electrons. The molecule has 0 unspecified atom stereocenters. The number of carbonyl (C=O) groups excluding carboxylic acids is 1. The van der Waals surface area contributed by atoms with Crippen LogP contribution in [0, 0.1) is 22.0 Å². The number of aliphatic carboxylic acids is 1. The molecule has 1 heterocycles. The van der Waals surface area contributed by atoms with Gasteiger partial charge in [-0.1, -0.05) is 5.10 Å². The number of nitro benzene ring substituents is 1. The number of aromatic nitrogens is 4. The summed E-state index contributed by atoms with van der Waals surface area (Å²) in [4.78, 5) is 38.5. The number of hydrogen-bond donors (Lipinski definition) is 1. The average Bonchev–Trinajstić information content (AvgIpc) is 3.41. The van der Waals surface area contributed by atoms with Crippen LogP contribution >= 0.6 is 0 Å². The van der Waals surface area contributed by atoms with Crippen LogP contribution in [-0.4, -0.2) is 55.6 Å². The second-order valence-corrected chi connectivity index (χ2v) is 10.7. The second-order valence-electron chi connectivity index (χ2n) is 10.7. The first-order valence-electron chi connectivity index (χ1n) is 13.8. The van der Waals surface area contributed by atoms with E-state index in [1.807, 2.05) is 13.0 Å². The molecule has 4 rings (SSSR count). The van der Waals surface area contributed by atoms with Gasteiger partial charge in [0.2, 0.25) is 0 Å². The van der Waals surface area contributed by atoms with E-state index >= 15 is 0 Å². The number of carboxylic acid groups (broad SMARTS) is 1. The molecule has 1 saturated carbocycles. The van der Waals surface area contributed by atoms with Gasteiger partial charge in [-0.2, -0.15) is 18.0 Å². The number of halogens is 3. The zero-order chi connectivity index (χ0) is 31.3. The summed E-state index contributed by atoms with van der Waals surface area (Å²) in [6.07, 6.45) is -1.38. The highest BCUT2D eigenvalue weighted by Gasteiger charge is 2.33. The number of rotatable bonds is 12. The molecule has 12 nitrogen and oxygen atoms in total. The number of anilines is 2. The summed E-state index contributed by atoms with van der Waals surface area (Å²) < 4.78 is 40.8. The number of nitrogens with zero attached hydrogens (tertiary/aromatic N) is 7. The third-order valence-electron chi connectivity index (χ3n) is 7.67. The molecular weight excluding hydrogens is 571 g/mol. The average molecular weight is 604 g/mol. The fraction of sp³-hybridized carbons (Fsp3) is 0.464. The maximum atomic E-state index is 13.6.